The molecule has 0 fully saturated rings. The Balaban J connectivity index is 1.76. The van der Waals surface area contributed by atoms with Crippen LogP contribution in [0.4, 0.5) is 0 Å². The van der Waals surface area contributed by atoms with Gasteiger partial charge in [-0.1, -0.05) is 56.3 Å². The molecule has 0 radical (unpaired) electrons. The molecule has 6 nitrogen and oxygen atoms in total. The summed E-state index contributed by atoms with van der Waals surface area (Å²) in [5.74, 6) is 0.894. The molecule has 2 aromatic carbocycles. The summed E-state index contributed by atoms with van der Waals surface area (Å²) in [6, 6.07) is 21.4. The molecule has 0 saturated carbocycles. The first-order chi connectivity index (χ1) is 16.4. The molecule has 2 amide bonds. The van der Waals surface area contributed by atoms with Gasteiger partial charge in [0.1, 0.15) is 5.75 Å². The molecule has 0 atom stereocenters. The molecule has 34 heavy (non-hydrogen) atoms. The van der Waals surface area contributed by atoms with Crippen LogP contribution < -0.4 is 4.74 Å². The van der Waals surface area contributed by atoms with Gasteiger partial charge < -0.3 is 19.1 Å². The molecule has 0 unspecified atom stereocenters. The average Bonchev–Trinajstić information content (AvgIpc) is 3.23. The molecule has 180 valence electrons. The van der Waals surface area contributed by atoms with Crippen molar-refractivity contribution in [1.29, 1.82) is 0 Å². The number of carbonyl (C=O) groups excluding carboxylic acids is 2. The Bertz CT molecular complexity index is 1060. The van der Waals surface area contributed by atoms with Gasteiger partial charge in [-0.05, 0) is 41.3 Å². The largest absolute Gasteiger partial charge is 0.497 e. The number of benzene rings is 2. The first-order valence-corrected chi connectivity index (χ1v) is 11.7. The van der Waals surface area contributed by atoms with E-state index in [1.54, 1.807) is 12.0 Å². The highest BCUT2D eigenvalue weighted by Crippen LogP contribution is 2.15. The van der Waals surface area contributed by atoms with E-state index in [9.17, 15) is 9.59 Å². The van der Waals surface area contributed by atoms with Crippen molar-refractivity contribution in [3.63, 3.8) is 0 Å². The molecule has 1 heterocycles. The third-order valence-electron chi connectivity index (χ3n) is 5.75. The lowest BCUT2D eigenvalue weighted by atomic mass is 10.1. The van der Waals surface area contributed by atoms with E-state index in [4.69, 9.17) is 4.74 Å². The number of hydrogen-bond donors (Lipinski definition) is 0. The normalized spacial score (nSPS) is 10.9. The van der Waals surface area contributed by atoms with E-state index in [1.165, 1.54) is 0 Å². The Morgan fingerprint density at radius 1 is 0.853 bits per heavy atom. The van der Waals surface area contributed by atoms with Crippen molar-refractivity contribution in [3.05, 3.63) is 89.7 Å². The second-order valence-corrected chi connectivity index (χ2v) is 9.04. The summed E-state index contributed by atoms with van der Waals surface area (Å²) in [6.45, 7) is 5.69. The first kappa shape index (κ1) is 25.1. The molecule has 0 saturated heterocycles. The minimum atomic E-state index is -0.0613. The van der Waals surface area contributed by atoms with Crippen LogP contribution in [0, 0.1) is 5.92 Å². The zero-order valence-corrected chi connectivity index (χ0v) is 20.6. The lowest BCUT2D eigenvalue weighted by Gasteiger charge is -2.29. The summed E-state index contributed by atoms with van der Waals surface area (Å²) in [6.07, 6.45) is 2.23. The van der Waals surface area contributed by atoms with Crippen LogP contribution in [-0.4, -0.2) is 46.4 Å². The molecule has 1 aromatic heterocycles. The van der Waals surface area contributed by atoms with Gasteiger partial charge in [-0.15, -0.1) is 0 Å². The van der Waals surface area contributed by atoms with Crippen molar-refractivity contribution in [2.45, 2.75) is 33.4 Å². The van der Waals surface area contributed by atoms with Crippen molar-refractivity contribution in [3.8, 4) is 5.75 Å². The molecular formula is C28H35N3O3. The smallest absolute Gasteiger partial charge is 0.242 e. The molecule has 0 aliphatic rings. The van der Waals surface area contributed by atoms with Crippen LogP contribution in [0.15, 0.2) is 72.9 Å². The number of hydrogen-bond acceptors (Lipinski definition) is 3. The highest BCUT2D eigenvalue weighted by Gasteiger charge is 2.23. The maximum Gasteiger partial charge on any atom is 0.242 e. The van der Waals surface area contributed by atoms with Crippen molar-refractivity contribution in [2.75, 3.05) is 20.2 Å². The van der Waals surface area contributed by atoms with Gasteiger partial charge in [0.2, 0.25) is 11.8 Å². The lowest BCUT2D eigenvalue weighted by molar-refractivity contribution is -0.141. The van der Waals surface area contributed by atoms with Gasteiger partial charge in [-0.2, -0.15) is 0 Å². The predicted molar refractivity (Wildman–Crippen MR) is 134 cm³/mol. The van der Waals surface area contributed by atoms with E-state index >= 15 is 0 Å². The van der Waals surface area contributed by atoms with E-state index in [0.29, 0.717) is 19.6 Å². The van der Waals surface area contributed by atoms with Crippen LogP contribution in [0.25, 0.3) is 0 Å². The number of rotatable bonds is 11. The van der Waals surface area contributed by atoms with Crippen LogP contribution in [0.5, 0.6) is 5.75 Å². The van der Waals surface area contributed by atoms with Crippen molar-refractivity contribution in [1.82, 2.24) is 14.4 Å². The number of carbonyl (C=O) groups is 2. The van der Waals surface area contributed by atoms with Crippen molar-refractivity contribution >= 4 is 11.8 Å². The average molecular weight is 462 g/mol. The molecular weight excluding hydrogens is 426 g/mol. The second kappa shape index (κ2) is 12.1. The molecule has 0 spiro atoms. The van der Waals surface area contributed by atoms with E-state index in [-0.39, 0.29) is 30.7 Å². The monoisotopic (exact) mass is 461 g/mol. The lowest BCUT2D eigenvalue weighted by Crippen LogP contribution is -2.44. The summed E-state index contributed by atoms with van der Waals surface area (Å²) in [5, 5.41) is 0. The van der Waals surface area contributed by atoms with Crippen molar-refractivity contribution < 1.29 is 14.3 Å². The number of amides is 2. The highest BCUT2D eigenvalue weighted by atomic mass is 16.5. The molecule has 0 N–H and O–H groups in total. The van der Waals surface area contributed by atoms with E-state index in [0.717, 1.165) is 22.6 Å². The van der Waals surface area contributed by atoms with Crippen LogP contribution in [0.2, 0.25) is 0 Å². The molecule has 3 rings (SSSR count). The first-order valence-electron chi connectivity index (χ1n) is 11.7. The van der Waals surface area contributed by atoms with Crippen LogP contribution in [0.3, 0.4) is 0 Å². The zero-order chi connectivity index (χ0) is 24.5. The quantitative estimate of drug-likeness (QED) is 0.428. The van der Waals surface area contributed by atoms with E-state index in [2.05, 4.69) is 13.8 Å². The van der Waals surface area contributed by atoms with Gasteiger partial charge in [-0.25, -0.2) is 0 Å². The second-order valence-electron chi connectivity index (χ2n) is 9.04. The number of aromatic nitrogens is 1. The summed E-state index contributed by atoms with van der Waals surface area (Å²) in [7, 11) is 3.59. The maximum absolute atomic E-state index is 13.5. The van der Waals surface area contributed by atoms with E-state index < -0.39 is 0 Å². The predicted octanol–water partition coefficient (Wildman–Crippen LogP) is 4.29. The van der Waals surface area contributed by atoms with Crippen LogP contribution in [0.1, 0.15) is 30.7 Å². The van der Waals surface area contributed by atoms with Crippen LogP contribution >= 0.6 is 0 Å². The minimum Gasteiger partial charge on any atom is -0.497 e. The molecule has 0 aliphatic heterocycles. The summed E-state index contributed by atoms with van der Waals surface area (Å²) >= 11 is 0. The third-order valence-corrected chi connectivity index (χ3v) is 5.75. The van der Waals surface area contributed by atoms with Crippen LogP contribution in [-0.2, 0) is 36.1 Å². The van der Waals surface area contributed by atoms with E-state index in [1.807, 2.05) is 89.4 Å². The number of ether oxygens (including phenoxy) is 1. The molecule has 3 aromatic rings. The minimum absolute atomic E-state index is 0.0502. The maximum atomic E-state index is 13.5. The fourth-order valence-corrected chi connectivity index (χ4v) is 3.88. The molecule has 0 aliphatic carbocycles. The van der Waals surface area contributed by atoms with Gasteiger partial charge in [0.25, 0.3) is 0 Å². The standard InChI is InChI=1S/C28H35N3O3/c1-22(2)18-30(27(32)17-23-12-14-26(34-4)15-13-23)21-28(33)31(19-24-9-6-5-7-10-24)20-25-11-8-16-29(25)3/h5-16,22H,17-21H2,1-4H3. The third kappa shape index (κ3) is 7.24. The molecule has 6 heteroatoms. The van der Waals surface area contributed by atoms with Gasteiger partial charge in [0.05, 0.1) is 26.6 Å². The topological polar surface area (TPSA) is 54.8 Å². The Morgan fingerprint density at radius 3 is 2.15 bits per heavy atom. The fourth-order valence-electron chi connectivity index (χ4n) is 3.88. The highest BCUT2D eigenvalue weighted by molar-refractivity contribution is 5.86. The fraction of sp³-hybridized carbons (Fsp3) is 0.357. The number of methoxy groups -OCH3 is 1. The van der Waals surface area contributed by atoms with Crippen molar-refractivity contribution in [2.24, 2.45) is 13.0 Å². The van der Waals surface area contributed by atoms with Gasteiger partial charge in [0.15, 0.2) is 0 Å². The number of nitrogens with zero attached hydrogens (tertiary/aromatic N) is 3. The summed E-state index contributed by atoms with van der Waals surface area (Å²) in [5.41, 5.74) is 3.01. The Hall–Kier alpha value is -3.54. The number of aryl methyl sites for hydroxylation is 1. The SMILES string of the molecule is COc1ccc(CC(=O)N(CC(=O)N(Cc2ccccc2)Cc2cccn2C)CC(C)C)cc1. The Kier molecular flexibility index (Phi) is 8.91. The van der Waals surface area contributed by atoms with Gasteiger partial charge >= 0.3 is 0 Å². The molecule has 0 bridgehead atoms. The summed E-state index contributed by atoms with van der Waals surface area (Å²) < 4.78 is 7.23. The van der Waals surface area contributed by atoms with Gasteiger partial charge in [-0.3, -0.25) is 9.59 Å². The zero-order valence-electron chi connectivity index (χ0n) is 20.6. The van der Waals surface area contributed by atoms with Gasteiger partial charge in [0, 0.05) is 32.0 Å². The summed E-state index contributed by atoms with van der Waals surface area (Å²) in [4.78, 5) is 30.3. The Labute approximate surface area is 202 Å². The Morgan fingerprint density at radius 2 is 1.56 bits per heavy atom.